The molecule has 0 spiro atoms. The average molecular weight is 1030 g/mol. The number of rotatable bonds is 11. The molecule has 81 heavy (non-hydrogen) atoms. The number of benzene rings is 12. The second kappa shape index (κ2) is 20.8. The van der Waals surface area contributed by atoms with Crippen molar-refractivity contribution in [1.82, 2.24) is 9.97 Å². The van der Waals surface area contributed by atoms with Crippen LogP contribution in [0.25, 0.3) is 134 Å². The Kier molecular flexibility index (Phi) is 12.6. The minimum absolute atomic E-state index is 0.208. The molecule has 0 fully saturated rings. The first kappa shape index (κ1) is 49.0. The van der Waals surface area contributed by atoms with Crippen molar-refractivity contribution in [3.8, 4) is 134 Å². The van der Waals surface area contributed by atoms with Gasteiger partial charge in [0, 0.05) is 22.1 Å². The Morgan fingerprint density at radius 3 is 0.988 bits per heavy atom. The molecule has 0 unspecified atom stereocenters. The van der Waals surface area contributed by atoms with Gasteiger partial charge in [0.05, 0.1) is 11.4 Å². The Balaban J connectivity index is 0.985. The topological polar surface area (TPSA) is 25.8 Å². The molecule has 1 heterocycles. The summed E-state index contributed by atoms with van der Waals surface area (Å²) in [6, 6.07) is 110. The molecule has 0 radical (unpaired) electrons. The van der Waals surface area contributed by atoms with Gasteiger partial charge in [-0.05, 0) is 129 Å². The quantitative estimate of drug-likeness (QED) is 0.129. The Hall–Kier alpha value is -10.3. The highest BCUT2D eigenvalue weighted by molar-refractivity contribution is 6.15. The van der Waals surface area contributed by atoms with E-state index in [0.29, 0.717) is 5.82 Å². The van der Waals surface area contributed by atoms with E-state index < -0.39 is 0 Å². The summed E-state index contributed by atoms with van der Waals surface area (Å²) in [4.78, 5) is 10.4. The lowest BCUT2D eigenvalue weighted by Gasteiger charge is -2.29. The standard InChI is InChI=1S/C79H56N2/c1-79(2)68-39-22-21-38-66(68)67-49-48-65(51-69(67)79)77-75(61-32-17-7-18-33-61)73(59-28-13-5-14-29-59)72(58-26-11-4-12-27-58)74(60-30-15-6-16-31-60)76(77)64-37-23-36-63(50-64)55-42-46-57(47-43-55)71-52-70(80-78(81-71)62-34-19-8-20-35-62)56-44-40-54(41-45-56)53-24-9-3-10-25-53/h3-52H,1-2H3. The zero-order valence-electron chi connectivity index (χ0n) is 45.3. The van der Waals surface area contributed by atoms with Gasteiger partial charge in [0.15, 0.2) is 5.82 Å². The van der Waals surface area contributed by atoms with Crippen molar-refractivity contribution in [1.29, 1.82) is 0 Å². The SMILES string of the molecule is CC1(C)c2ccccc2-c2ccc(-c3c(-c4ccccc4)c(-c4ccccc4)c(-c4ccccc4)c(-c4ccccc4)c3-c3cccc(-c4ccc(-c5cc(-c6ccc(-c7ccccc7)cc6)nc(-c6ccccc6)n5)cc4)c3)cc21. The molecule has 0 aliphatic heterocycles. The lowest BCUT2D eigenvalue weighted by atomic mass is 9.73. The first-order valence-electron chi connectivity index (χ1n) is 28.0. The van der Waals surface area contributed by atoms with Crippen LogP contribution in [-0.2, 0) is 5.41 Å². The Labute approximate surface area is 475 Å². The van der Waals surface area contributed by atoms with Crippen LogP contribution in [0.2, 0.25) is 0 Å². The van der Waals surface area contributed by atoms with Crippen molar-refractivity contribution in [2.75, 3.05) is 0 Å². The fourth-order valence-electron chi connectivity index (χ4n) is 12.4. The predicted octanol–water partition coefficient (Wildman–Crippen LogP) is 21.1. The number of nitrogens with zero attached hydrogens (tertiary/aromatic N) is 2. The van der Waals surface area contributed by atoms with E-state index in [2.05, 4.69) is 299 Å². The van der Waals surface area contributed by atoms with Gasteiger partial charge in [0.1, 0.15) is 0 Å². The van der Waals surface area contributed by atoms with Crippen molar-refractivity contribution in [2.24, 2.45) is 0 Å². The summed E-state index contributed by atoms with van der Waals surface area (Å²) in [5.41, 5.74) is 28.6. The van der Waals surface area contributed by atoms with E-state index in [1.807, 2.05) is 18.2 Å². The van der Waals surface area contributed by atoms with Crippen LogP contribution in [-0.4, -0.2) is 9.97 Å². The first-order chi connectivity index (χ1) is 39.9. The van der Waals surface area contributed by atoms with Gasteiger partial charge in [-0.15, -0.1) is 0 Å². The molecule has 0 N–H and O–H groups in total. The minimum Gasteiger partial charge on any atom is -0.228 e. The molecule has 382 valence electrons. The van der Waals surface area contributed by atoms with Crippen LogP contribution in [0.5, 0.6) is 0 Å². The maximum atomic E-state index is 5.22. The van der Waals surface area contributed by atoms with Crippen molar-refractivity contribution < 1.29 is 0 Å². The summed E-state index contributed by atoms with van der Waals surface area (Å²) < 4.78 is 0. The molecule has 1 aliphatic rings. The van der Waals surface area contributed by atoms with Crippen LogP contribution in [0.4, 0.5) is 0 Å². The third kappa shape index (κ3) is 9.07. The van der Waals surface area contributed by atoms with Crippen LogP contribution in [0.1, 0.15) is 25.0 Å². The molecule has 0 bridgehead atoms. The summed E-state index contributed by atoms with van der Waals surface area (Å²) in [6.07, 6.45) is 0. The van der Waals surface area contributed by atoms with Gasteiger partial charge < -0.3 is 0 Å². The number of aromatic nitrogens is 2. The maximum absolute atomic E-state index is 5.22. The molecular weight excluding hydrogens is 977 g/mol. The molecule has 0 saturated carbocycles. The first-order valence-corrected chi connectivity index (χ1v) is 28.0. The van der Waals surface area contributed by atoms with Gasteiger partial charge in [0.25, 0.3) is 0 Å². The highest BCUT2D eigenvalue weighted by Crippen LogP contribution is 2.58. The molecule has 2 heteroatoms. The lowest BCUT2D eigenvalue weighted by molar-refractivity contribution is 0.660. The third-order valence-corrected chi connectivity index (χ3v) is 16.3. The Bertz CT molecular complexity index is 4400. The number of hydrogen-bond acceptors (Lipinski definition) is 2. The third-order valence-electron chi connectivity index (χ3n) is 16.3. The Morgan fingerprint density at radius 2 is 0.519 bits per heavy atom. The van der Waals surface area contributed by atoms with Gasteiger partial charge in [0.2, 0.25) is 0 Å². The van der Waals surface area contributed by atoms with Crippen LogP contribution >= 0.6 is 0 Å². The molecule has 14 rings (SSSR count). The molecule has 12 aromatic carbocycles. The second-order valence-corrected chi connectivity index (χ2v) is 21.6. The van der Waals surface area contributed by atoms with Crippen molar-refractivity contribution >= 4 is 0 Å². The minimum atomic E-state index is -0.208. The summed E-state index contributed by atoms with van der Waals surface area (Å²) >= 11 is 0. The van der Waals surface area contributed by atoms with Gasteiger partial charge in [-0.1, -0.05) is 299 Å². The van der Waals surface area contributed by atoms with Crippen molar-refractivity contribution in [3.05, 3.63) is 314 Å². The molecule has 13 aromatic rings. The number of hydrogen-bond donors (Lipinski definition) is 0. The molecular formula is C79H56N2. The monoisotopic (exact) mass is 1030 g/mol. The van der Waals surface area contributed by atoms with E-state index in [1.54, 1.807) is 0 Å². The van der Waals surface area contributed by atoms with Crippen LogP contribution in [0.3, 0.4) is 0 Å². The molecule has 0 saturated heterocycles. The highest BCUT2D eigenvalue weighted by Gasteiger charge is 2.37. The molecule has 0 atom stereocenters. The van der Waals surface area contributed by atoms with E-state index in [9.17, 15) is 0 Å². The zero-order valence-corrected chi connectivity index (χ0v) is 45.3. The predicted molar refractivity (Wildman–Crippen MR) is 339 cm³/mol. The molecule has 0 amide bonds. The van der Waals surface area contributed by atoms with Crippen LogP contribution in [0.15, 0.2) is 303 Å². The maximum Gasteiger partial charge on any atom is 0.160 e. The lowest BCUT2D eigenvalue weighted by Crippen LogP contribution is -2.15. The van der Waals surface area contributed by atoms with Crippen molar-refractivity contribution in [3.63, 3.8) is 0 Å². The Morgan fingerprint density at radius 1 is 0.210 bits per heavy atom. The summed E-state index contributed by atoms with van der Waals surface area (Å²) in [6.45, 7) is 4.77. The molecule has 1 aliphatic carbocycles. The normalized spacial score (nSPS) is 12.2. The van der Waals surface area contributed by atoms with Gasteiger partial charge >= 0.3 is 0 Å². The highest BCUT2D eigenvalue weighted by atomic mass is 14.9. The van der Waals surface area contributed by atoms with E-state index in [0.717, 1.165) is 67.0 Å². The summed E-state index contributed by atoms with van der Waals surface area (Å²) in [5, 5.41) is 0. The smallest absolute Gasteiger partial charge is 0.160 e. The fourth-order valence-corrected chi connectivity index (χ4v) is 12.4. The second-order valence-electron chi connectivity index (χ2n) is 21.6. The van der Waals surface area contributed by atoms with E-state index in [-0.39, 0.29) is 5.41 Å². The van der Waals surface area contributed by atoms with E-state index in [1.165, 1.54) is 72.3 Å². The van der Waals surface area contributed by atoms with E-state index in [4.69, 9.17) is 9.97 Å². The van der Waals surface area contributed by atoms with Gasteiger partial charge in [-0.3, -0.25) is 0 Å². The van der Waals surface area contributed by atoms with Crippen LogP contribution in [0, 0.1) is 0 Å². The van der Waals surface area contributed by atoms with Crippen molar-refractivity contribution in [2.45, 2.75) is 19.3 Å². The average Bonchev–Trinajstić information content (AvgIpc) is 3.21. The van der Waals surface area contributed by atoms with Gasteiger partial charge in [-0.25, -0.2) is 9.97 Å². The zero-order chi connectivity index (χ0) is 54.3. The van der Waals surface area contributed by atoms with E-state index >= 15 is 0 Å². The fraction of sp³-hybridized carbons (Fsp3) is 0.0380. The number of fused-ring (bicyclic) bond motifs is 3. The largest absolute Gasteiger partial charge is 0.228 e. The van der Waals surface area contributed by atoms with Gasteiger partial charge in [-0.2, -0.15) is 0 Å². The van der Waals surface area contributed by atoms with Crippen LogP contribution < -0.4 is 0 Å². The molecule has 2 nitrogen and oxygen atoms in total. The molecule has 1 aromatic heterocycles. The summed E-state index contributed by atoms with van der Waals surface area (Å²) in [5.74, 6) is 0.691. The summed E-state index contributed by atoms with van der Waals surface area (Å²) in [7, 11) is 0.